The molecule has 0 atom stereocenters. The van der Waals surface area contributed by atoms with Crippen molar-refractivity contribution in [2.45, 2.75) is 6.61 Å². The fraction of sp³-hybridized carbons (Fsp3) is 0.0909. The van der Waals surface area contributed by atoms with E-state index in [-0.39, 0.29) is 12.3 Å². The Bertz CT molecular complexity index is 1010. The third-order valence-corrected chi connectivity index (χ3v) is 4.40. The highest BCUT2D eigenvalue weighted by atomic mass is 79.9. The number of hydrogen-bond donors (Lipinski definition) is 1. The summed E-state index contributed by atoms with van der Waals surface area (Å²) in [6, 6.07) is 17.3. The first-order valence-corrected chi connectivity index (χ1v) is 9.46. The molecule has 3 aromatic rings. The van der Waals surface area contributed by atoms with E-state index in [9.17, 15) is 9.59 Å². The zero-order valence-corrected chi connectivity index (χ0v) is 17.1. The monoisotopic (exact) mass is 455 g/mol. The number of nitrogens with one attached hydrogen (secondary N) is 1. The van der Waals surface area contributed by atoms with Gasteiger partial charge in [-0.1, -0.05) is 34.1 Å². The van der Waals surface area contributed by atoms with Gasteiger partial charge in [0.05, 0.1) is 13.4 Å². The molecule has 6 nitrogen and oxygen atoms in total. The summed E-state index contributed by atoms with van der Waals surface area (Å²) in [5, 5.41) is 2.63. The normalized spacial score (nSPS) is 11.0. The van der Waals surface area contributed by atoms with Crippen molar-refractivity contribution in [3.05, 3.63) is 94.0 Å². The predicted octanol–water partition coefficient (Wildman–Crippen LogP) is 4.57. The second kappa shape index (κ2) is 9.75. The van der Waals surface area contributed by atoms with Crippen LogP contribution in [0.4, 0.5) is 0 Å². The van der Waals surface area contributed by atoms with Crippen LogP contribution in [0, 0.1) is 0 Å². The number of hydrogen-bond acceptors (Lipinski definition) is 5. The van der Waals surface area contributed by atoms with Crippen molar-refractivity contribution >= 4 is 33.9 Å². The van der Waals surface area contributed by atoms with E-state index in [0.717, 1.165) is 4.47 Å². The molecule has 0 aliphatic heterocycles. The zero-order valence-electron chi connectivity index (χ0n) is 15.6. The van der Waals surface area contributed by atoms with Crippen molar-refractivity contribution < 1.29 is 23.5 Å². The molecule has 0 unspecified atom stereocenters. The van der Waals surface area contributed by atoms with E-state index in [2.05, 4.69) is 21.2 Å². The van der Waals surface area contributed by atoms with E-state index in [1.807, 2.05) is 6.07 Å². The number of carbonyl (C=O) groups is 2. The Morgan fingerprint density at radius 1 is 1.10 bits per heavy atom. The summed E-state index contributed by atoms with van der Waals surface area (Å²) in [6.45, 7) is -0.0431. The van der Waals surface area contributed by atoms with Crippen LogP contribution < -0.4 is 10.1 Å². The zero-order chi connectivity index (χ0) is 20.6. The average Bonchev–Trinajstić information content (AvgIpc) is 3.25. The van der Waals surface area contributed by atoms with Crippen molar-refractivity contribution in [2.75, 3.05) is 7.11 Å². The van der Waals surface area contributed by atoms with Crippen molar-refractivity contribution in [3.63, 3.8) is 0 Å². The molecule has 0 radical (unpaired) electrons. The summed E-state index contributed by atoms with van der Waals surface area (Å²) in [4.78, 5) is 25.2. The second-order valence-electron chi connectivity index (χ2n) is 5.95. The summed E-state index contributed by atoms with van der Waals surface area (Å²) in [7, 11) is 1.57. The van der Waals surface area contributed by atoms with Crippen molar-refractivity contribution in [1.82, 2.24) is 5.32 Å². The maximum atomic E-state index is 12.6. The Balaban J connectivity index is 1.82. The number of methoxy groups -OCH3 is 1. The van der Waals surface area contributed by atoms with Gasteiger partial charge in [0, 0.05) is 10.0 Å². The van der Waals surface area contributed by atoms with Crippen LogP contribution in [0.3, 0.4) is 0 Å². The highest BCUT2D eigenvalue weighted by molar-refractivity contribution is 9.10. The van der Waals surface area contributed by atoms with Gasteiger partial charge in [0.15, 0.2) is 0 Å². The number of ether oxygens (including phenoxy) is 2. The van der Waals surface area contributed by atoms with Crippen LogP contribution >= 0.6 is 15.9 Å². The molecule has 0 aliphatic carbocycles. The third kappa shape index (κ3) is 5.83. The Labute approximate surface area is 176 Å². The Morgan fingerprint density at radius 2 is 1.90 bits per heavy atom. The molecule has 148 valence electrons. The van der Waals surface area contributed by atoms with Crippen LogP contribution in [-0.4, -0.2) is 19.0 Å². The first-order valence-electron chi connectivity index (χ1n) is 8.67. The largest absolute Gasteiger partial charge is 0.497 e. The lowest BCUT2D eigenvalue weighted by Crippen LogP contribution is -2.28. The van der Waals surface area contributed by atoms with Crippen LogP contribution in [0.2, 0.25) is 0 Å². The van der Waals surface area contributed by atoms with Gasteiger partial charge in [-0.15, -0.1) is 0 Å². The lowest BCUT2D eigenvalue weighted by molar-refractivity contribution is -0.141. The molecule has 0 saturated carbocycles. The predicted molar refractivity (Wildman–Crippen MR) is 111 cm³/mol. The Morgan fingerprint density at radius 3 is 2.55 bits per heavy atom. The van der Waals surface area contributed by atoms with Crippen molar-refractivity contribution in [1.29, 1.82) is 0 Å². The molecule has 29 heavy (non-hydrogen) atoms. The molecule has 0 aliphatic rings. The summed E-state index contributed by atoms with van der Waals surface area (Å²) >= 11 is 3.33. The molecule has 0 fully saturated rings. The Kier molecular flexibility index (Phi) is 6.86. The van der Waals surface area contributed by atoms with E-state index in [1.54, 1.807) is 67.8 Å². The van der Waals surface area contributed by atoms with Gasteiger partial charge in [0.2, 0.25) is 0 Å². The van der Waals surface area contributed by atoms with Gasteiger partial charge in [-0.3, -0.25) is 4.79 Å². The van der Waals surface area contributed by atoms with E-state index < -0.39 is 11.9 Å². The third-order valence-electron chi connectivity index (χ3n) is 3.91. The van der Waals surface area contributed by atoms with E-state index in [4.69, 9.17) is 13.9 Å². The molecule has 7 heteroatoms. The van der Waals surface area contributed by atoms with Gasteiger partial charge in [0.1, 0.15) is 23.8 Å². The number of benzene rings is 2. The summed E-state index contributed by atoms with van der Waals surface area (Å²) in [6.07, 6.45) is 3.03. The van der Waals surface area contributed by atoms with E-state index >= 15 is 0 Å². The maximum Gasteiger partial charge on any atom is 0.355 e. The molecule has 0 spiro atoms. The quantitative estimate of drug-likeness (QED) is 0.417. The molecule has 1 aromatic heterocycles. The lowest BCUT2D eigenvalue weighted by Gasteiger charge is -2.10. The number of carbonyl (C=O) groups excluding carboxylic acids is 2. The Hall–Kier alpha value is -3.32. The summed E-state index contributed by atoms with van der Waals surface area (Å²) in [5.41, 5.74) is 1.11. The highest BCUT2D eigenvalue weighted by Gasteiger charge is 2.17. The molecule has 0 saturated heterocycles. The molecular formula is C22H18BrNO5. The summed E-state index contributed by atoms with van der Waals surface area (Å²) < 4.78 is 16.3. The first kappa shape index (κ1) is 20.4. The van der Waals surface area contributed by atoms with Crippen LogP contribution in [0.25, 0.3) is 6.08 Å². The topological polar surface area (TPSA) is 77.8 Å². The fourth-order valence-corrected chi connectivity index (χ4v) is 2.85. The number of amides is 1. The molecular weight excluding hydrogens is 438 g/mol. The molecule has 2 aromatic carbocycles. The van der Waals surface area contributed by atoms with Crippen LogP contribution in [-0.2, 0) is 16.1 Å². The molecule has 0 bridgehead atoms. The SMILES string of the molecule is COc1ccc(/C=C(\NC(=O)c2cccc(Br)c2)C(=O)OCc2ccco2)cc1. The van der Waals surface area contributed by atoms with Crippen molar-refractivity contribution in [2.24, 2.45) is 0 Å². The number of rotatable bonds is 7. The van der Waals surface area contributed by atoms with Crippen LogP contribution in [0.1, 0.15) is 21.7 Å². The molecule has 3 rings (SSSR count). The molecule has 1 N–H and O–H groups in total. The van der Waals surface area contributed by atoms with Crippen LogP contribution in [0.15, 0.2) is 81.5 Å². The minimum atomic E-state index is -0.680. The summed E-state index contributed by atoms with van der Waals surface area (Å²) in [5.74, 6) is 0.0734. The molecule has 1 amide bonds. The highest BCUT2D eigenvalue weighted by Crippen LogP contribution is 2.16. The smallest absolute Gasteiger partial charge is 0.355 e. The van der Waals surface area contributed by atoms with Crippen LogP contribution in [0.5, 0.6) is 5.75 Å². The lowest BCUT2D eigenvalue weighted by atomic mass is 10.1. The number of furan rings is 1. The minimum Gasteiger partial charge on any atom is -0.497 e. The van der Waals surface area contributed by atoms with Crippen molar-refractivity contribution in [3.8, 4) is 5.75 Å². The number of halogens is 1. The average molecular weight is 456 g/mol. The van der Waals surface area contributed by atoms with Gasteiger partial charge >= 0.3 is 5.97 Å². The van der Waals surface area contributed by atoms with E-state index in [0.29, 0.717) is 22.6 Å². The standard InChI is InChI=1S/C22H18BrNO5/c1-27-18-9-7-15(8-10-18)12-20(22(26)29-14-19-6-3-11-28-19)24-21(25)16-4-2-5-17(23)13-16/h2-13H,14H2,1H3,(H,24,25)/b20-12-. The van der Waals surface area contributed by atoms with Gasteiger partial charge in [0.25, 0.3) is 5.91 Å². The molecule has 1 heterocycles. The van der Waals surface area contributed by atoms with E-state index in [1.165, 1.54) is 6.26 Å². The van der Waals surface area contributed by atoms with Gasteiger partial charge in [-0.2, -0.15) is 0 Å². The number of esters is 1. The fourth-order valence-electron chi connectivity index (χ4n) is 2.45. The maximum absolute atomic E-state index is 12.6. The second-order valence-corrected chi connectivity index (χ2v) is 6.87. The minimum absolute atomic E-state index is 0.00620. The first-order chi connectivity index (χ1) is 14.0. The van der Waals surface area contributed by atoms with Gasteiger partial charge < -0.3 is 19.2 Å². The van der Waals surface area contributed by atoms with Gasteiger partial charge in [-0.05, 0) is 54.1 Å². The van der Waals surface area contributed by atoms with Gasteiger partial charge in [-0.25, -0.2) is 4.79 Å².